The van der Waals surface area contributed by atoms with E-state index in [4.69, 9.17) is 18.9 Å². The third-order valence-electron chi connectivity index (χ3n) is 3.92. The van der Waals surface area contributed by atoms with Crippen LogP contribution in [-0.4, -0.2) is 44.9 Å². The number of phenols is 1. The van der Waals surface area contributed by atoms with Gasteiger partial charge in [0.05, 0.1) is 21.3 Å². The quantitative estimate of drug-likeness (QED) is 0.667. The number of esters is 1. The first-order chi connectivity index (χ1) is 13.4. The third-order valence-corrected chi connectivity index (χ3v) is 3.92. The fourth-order valence-electron chi connectivity index (χ4n) is 2.51. The molecular formula is C20H23NO7. The molecule has 1 amide bonds. The number of methoxy groups -OCH3 is 3. The summed E-state index contributed by atoms with van der Waals surface area (Å²) in [6.07, 6.45) is 0. The molecule has 0 bridgehead atoms. The molecule has 0 atom stereocenters. The van der Waals surface area contributed by atoms with E-state index in [0.717, 1.165) is 5.56 Å². The second kappa shape index (κ2) is 9.50. The molecule has 0 spiro atoms. The van der Waals surface area contributed by atoms with E-state index in [9.17, 15) is 14.7 Å². The van der Waals surface area contributed by atoms with E-state index in [1.165, 1.54) is 33.5 Å². The monoisotopic (exact) mass is 389 g/mol. The fraction of sp³-hybridized carbons (Fsp3) is 0.300. The summed E-state index contributed by atoms with van der Waals surface area (Å²) in [5.41, 5.74) is 1.52. The minimum atomic E-state index is -0.777. The second-order valence-corrected chi connectivity index (χ2v) is 5.91. The number of amides is 1. The van der Waals surface area contributed by atoms with Gasteiger partial charge in [-0.15, -0.1) is 0 Å². The Labute approximate surface area is 163 Å². The highest BCUT2D eigenvalue weighted by molar-refractivity contribution is 5.93. The van der Waals surface area contributed by atoms with Gasteiger partial charge in [0.15, 0.2) is 18.1 Å². The molecule has 8 nitrogen and oxygen atoms in total. The molecule has 0 unspecified atom stereocenters. The Kier molecular flexibility index (Phi) is 7.08. The van der Waals surface area contributed by atoms with Gasteiger partial charge in [-0.1, -0.05) is 6.07 Å². The molecule has 2 aromatic carbocycles. The Balaban J connectivity index is 1.94. The predicted molar refractivity (Wildman–Crippen MR) is 101 cm³/mol. The Morgan fingerprint density at radius 3 is 2.18 bits per heavy atom. The number of nitrogens with one attached hydrogen (secondary N) is 1. The van der Waals surface area contributed by atoms with Gasteiger partial charge in [-0.3, -0.25) is 4.79 Å². The molecule has 0 aliphatic heterocycles. The van der Waals surface area contributed by atoms with E-state index in [2.05, 4.69) is 5.32 Å². The average molecular weight is 389 g/mol. The van der Waals surface area contributed by atoms with E-state index in [0.29, 0.717) is 22.8 Å². The Hall–Kier alpha value is -3.42. The van der Waals surface area contributed by atoms with Crippen LogP contribution in [0.15, 0.2) is 30.3 Å². The summed E-state index contributed by atoms with van der Waals surface area (Å²) in [5, 5.41) is 12.4. The zero-order valence-electron chi connectivity index (χ0n) is 16.2. The van der Waals surface area contributed by atoms with Crippen molar-refractivity contribution in [2.45, 2.75) is 13.5 Å². The average Bonchev–Trinajstić information content (AvgIpc) is 2.69. The number of carbonyl (C=O) groups excluding carboxylic acids is 2. The van der Waals surface area contributed by atoms with Crippen LogP contribution in [0.4, 0.5) is 0 Å². The summed E-state index contributed by atoms with van der Waals surface area (Å²) in [6.45, 7) is 1.48. The van der Waals surface area contributed by atoms with Gasteiger partial charge in [-0.2, -0.15) is 0 Å². The molecule has 0 aromatic heterocycles. The fourth-order valence-corrected chi connectivity index (χ4v) is 2.51. The number of aromatic hydroxyl groups is 1. The van der Waals surface area contributed by atoms with E-state index in [-0.39, 0.29) is 17.9 Å². The largest absolute Gasteiger partial charge is 0.507 e. The van der Waals surface area contributed by atoms with Crippen molar-refractivity contribution < 1.29 is 33.6 Å². The number of hydrogen-bond donors (Lipinski definition) is 2. The summed E-state index contributed by atoms with van der Waals surface area (Å²) in [4.78, 5) is 24.0. The molecule has 0 aliphatic carbocycles. The maximum absolute atomic E-state index is 12.0. The van der Waals surface area contributed by atoms with Crippen molar-refractivity contribution in [1.82, 2.24) is 5.32 Å². The summed E-state index contributed by atoms with van der Waals surface area (Å²) in [6, 6.07) is 7.97. The van der Waals surface area contributed by atoms with Gasteiger partial charge in [0.25, 0.3) is 5.91 Å². The first kappa shape index (κ1) is 20.9. The smallest absolute Gasteiger partial charge is 0.342 e. The molecule has 0 fully saturated rings. The van der Waals surface area contributed by atoms with Crippen LogP contribution in [0.25, 0.3) is 0 Å². The van der Waals surface area contributed by atoms with Crippen LogP contribution in [0.5, 0.6) is 23.0 Å². The van der Waals surface area contributed by atoms with Gasteiger partial charge in [0.2, 0.25) is 5.75 Å². The van der Waals surface area contributed by atoms with Crippen LogP contribution in [0.1, 0.15) is 21.5 Å². The van der Waals surface area contributed by atoms with Gasteiger partial charge >= 0.3 is 5.97 Å². The van der Waals surface area contributed by atoms with Crippen molar-refractivity contribution in [3.8, 4) is 23.0 Å². The molecule has 0 aliphatic rings. The minimum Gasteiger partial charge on any atom is -0.507 e. The molecule has 28 heavy (non-hydrogen) atoms. The number of phenolic OH excluding ortho intramolecular Hbond substituents is 1. The van der Waals surface area contributed by atoms with Crippen molar-refractivity contribution in [2.24, 2.45) is 0 Å². The molecular weight excluding hydrogens is 366 g/mol. The summed E-state index contributed by atoms with van der Waals surface area (Å²) < 4.78 is 20.7. The molecule has 150 valence electrons. The number of ether oxygens (including phenoxy) is 4. The number of carbonyl (C=O) groups is 2. The molecule has 0 radical (unpaired) electrons. The highest BCUT2D eigenvalue weighted by atomic mass is 16.5. The van der Waals surface area contributed by atoms with Gasteiger partial charge in [0.1, 0.15) is 11.3 Å². The van der Waals surface area contributed by atoms with Gasteiger partial charge < -0.3 is 29.4 Å². The Bertz CT molecular complexity index is 839. The number of aryl methyl sites for hydroxylation is 1. The van der Waals surface area contributed by atoms with Crippen LogP contribution in [0.2, 0.25) is 0 Å². The minimum absolute atomic E-state index is 0.00280. The number of hydrogen-bond acceptors (Lipinski definition) is 7. The molecule has 8 heteroatoms. The molecule has 2 rings (SSSR count). The number of rotatable bonds is 8. The van der Waals surface area contributed by atoms with E-state index in [1.807, 2.05) is 0 Å². The first-order valence-electron chi connectivity index (χ1n) is 8.42. The second-order valence-electron chi connectivity index (χ2n) is 5.91. The lowest BCUT2D eigenvalue weighted by molar-refractivity contribution is -0.124. The lowest BCUT2D eigenvalue weighted by Gasteiger charge is -2.14. The summed E-state index contributed by atoms with van der Waals surface area (Å²) in [5.74, 6) is -0.0800. The third kappa shape index (κ3) is 5.06. The lowest BCUT2D eigenvalue weighted by atomic mass is 10.1. The normalized spacial score (nSPS) is 10.1. The molecule has 2 N–H and O–H groups in total. The zero-order chi connectivity index (χ0) is 20.7. The van der Waals surface area contributed by atoms with E-state index >= 15 is 0 Å². The lowest BCUT2D eigenvalue weighted by Crippen LogP contribution is -2.28. The van der Waals surface area contributed by atoms with Crippen LogP contribution in [0.3, 0.4) is 0 Å². The maximum Gasteiger partial charge on any atom is 0.342 e. The van der Waals surface area contributed by atoms with Gasteiger partial charge in [-0.25, -0.2) is 4.79 Å². The maximum atomic E-state index is 12.0. The van der Waals surface area contributed by atoms with Crippen molar-refractivity contribution in [2.75, 3.05) is 27.9 Å². The Morgan fingerprint density at radius 2 is 1.64 bits per heavy atom. The van der Waals surface area contributed by atoms with Crippen LogP contribution < -0.4 is 19.5 Å². The van der Waals surface area contributed by atoms with Crippen LogP contribution >= 0.6 is 0 Å². The zero-order valence-corrected chi connectivity index (χ0v) is 16.2. The highest BCUT2D eigenvalue weighted by Gasteiger charge is 2.16. The molecule has 0 saturated carbocycles. The highest BCUT2D eigenvalue weighted by Crippen LogP contribution is 2.38. The van der Waals surface area contributed by atoms with Crippen molar-refractivity contribution in [3.63, 3.8) is 0 Å². The number of benzene rings is 2. The van der Waals surface area contributed by atoms with E-state index in [1.54, 1.807) is 25.1 Å². The summed E-state index contributed by atoms with van der Waals surface area (Å²) >= 11 is 0. The molecule has 0 heterocycles. The SMILES string of the molecule is COc1cc(CNC(=O)COC(=O)c2ccc(C)cc2O)cc(OC)c1OC. The van der Waals surface area contributed by atoms with Crippen LogP contribution in [0, 0.1) is 6.92 Å². The van der Waals surface area contributed by atoms with Crippen molar-refractivity contribution in [3.05, 3.63) is 47.0 Å². The Morgan fingerprint density at radius 1 is 1.00 bits per heavy atom. The van der Waals surface area contributed by atoms with Gasteiger partial charge in [0, 0.05) is 6.54 Å². The molecule has 0 saturated heterocycles. The topological polar surface area (TPSA) is 103 Å². The van der Waals surface area contributed by atoms with E-state index < -0.39 is 18.5 Å². The first-order valence-corrected chi connectivity index (χ1v) is 8.42. The molecule has 2 aromatic rings. The predicted octanol–water partition coefficient (Wildman–Crippen LogP) is 2.20. The van der Waals surface area contributed by atoms with Crippen LogP contribution in [-0.2, 0) is 16.1 Å². The van der Waals surface area contributed by atoms with Crippen molar-refractivity contribution >= 4 is 11.9 Å². The van der Waals surface area contributed by atoms with Gasteiger partial charge in [-0.05, 0) is 42.3 Å². The standard InChI is InChI=1S/C20H23NO7/c1-12-5-6-14(15(22)7-12)20(24)28-11-18(23)21-10-13-8-16(25-2)19(27-4)17(9-13)26-3/h5-9,22H,10-11H2,1-4H3,(H,21,23). The van der Waals surface area contributed by atoms with Crippen molar-refractivity contribution in [1.29, 1.82) is 0 Å². The summed E-state index contributed by atoms with van der Waals surface area (Å²) in [7, 11) is 4.50.